The van der Waals surface area contributed by atoms with Gasteiger partial charge in [-0.3, -0.25) is 0 Å². The van der Waals surface area contributed by atoms with Gasteiger partial charge in [-0.25, -0.2) is 0 Å². The number of nitrogens with one attached hydrogen (secondary N) is 1. The van der Waals surface area contributed by atoms with Gasteiger partial charge in [-0.2, -0.15) is 0 Å². The van der Waals surface area contributed by atoms with Gasteiger partial charge in [0.05, 0.1) is 6.26 Å². The Morgan fingerprint density at radius 3 is 2.94 bits per heavy atom. The van der Waals surface area contributed by atoms with Crippen LogP contribution in [0.2, 0.25) is 0 Å². The molecular formula is C13H23NO2. The van der Waals surface area contributed by atoms with Crippen molar-refractivity contribution in [2.75, 3.05) is 13.2 Å². The van der Waals surface area contributed by atoms with Crippen LogP contribution in [0.5, 0.6) is 0 Å². The van der Waals surface area contributed by atoms with Crippen LogP contribution < -0.4 is 5.32 Å². The summed E-state index contributed by atoms with van der Waals surface area (Å²) in [6.07, 6.45) is 2.78. The van der Waals surface area contributed by atoms with Gasteiger partial charge in [0.25, 0.3) is 0 Å². The van der Waals surface area contributed by atoms with Crippen LogP contribution in [0.25, 0.3) is 0 Å². The summed E-state index contributed by atoms with van der Waals surface area (Å²) in [6.45, 7) is 9.77. The third kappa shape index (κ3) is 4.81. The largest absolute Gasteiger partial charge is 0.467 e. The Morgan fingerprint density at radius 2 is 2.25 bits per heavy atom. The molecule has 1 aromatic heterocycles. The highest BCUT2D eigenvalue weighted by atomic mass is 16.5. The van der Waals surface area contributed by atoms with Crippen molar-refractivity contribution < 1.29 is 9.15 Å². The number of hydrogen-bond donors (Lipinski definition) is 1. The minimum Gasteiger partial charge on any atom is -0.467 e. The molecule has 92 valence electrons. The fourth-order valence-corrected chi connectivity index (χ4v) is 1.46. The zero-order valence-electron chi connectivity index (χ0n) is 10.6. The molecule has 0 aliphatic carbocycles. The van der Waals surface area contributed by atoms with Crippen LogP contribution in [0.4, 0.5) is 0 Å². The fourth-order valence-electron chi connectivity index (χ4n) is 1.46. The average molecular weight is 225 g/mol. The molecule has 0 radical (unpaired) electrons. The minimum absolute atomic E-state index is 0.583. The first-order valence-electron chi connectivity index (χ1n) is 6.07. The van der Waals surface area contributed by atoms with Crippen molar-refractivity contribution in [3.05, 3.63) is 23.7 Å². The Hall–Kier alpha value is -0.800. The van der Waals surface area contributed by atoms with E-state index in [0.717, 1.165) is 31.9 Å². The summed E-state index contributed by atoms with van der Waals surface area (Å²) >= 11 is 0. The summed E-state index contributed by atoms with van der Waals surface area (Å²) in [5.74, 6) is 1.62. The third-order valence-corrected chi connectivity index (χ3v) is 2.29. The van der Waals surface area contributed by atoms with E-state index in [1.807, 2.05) is 6.07 Å². The molecule has 1 rings (SSSR count). The average Bonchev–Trinajstić information content (AvgIpc) is 2.66. The Kier molecular flexibility index (Phi) is 6.19. The van der Waals surface area contributed by atoms with Crippen LogP contribution >= 0.6 is 0 Å². The van der Waals surface area contributed by atoms with Gasteiger partial charge in [-0.05, 0) is 24.9 Å². The molecule has 0 spiro atoms. The van der Waals surface area contributed by atoms with E-state index in [4.69, 9.17) is 9.15 Å². The van der Waals surface area contributed by atoms with Crippen molar-refractivity contribution in [3.63, 3.8) is 0 Å². The predicted octanol–water partition coefficient (Wildman–Crippen LogP) is 2.95. The highest BCUT2D eigenvalue weighted by Crippen LogP contribution is 2.11. The maximum absolute atomic E-state index is 5.47. The maximum Gasteiger partial charge on any atom is 0.133 e. The lowest BCUT2D eigenvalue weighted by Crippen LogP contribution is -2.19. The number of hydrogen-bond acceptors (Lipinski definition) is 3. The fraction of sp³-hybridized carbons (Fsp3) is 0.692. The van der Waals surface area contributed by atoms with Crippen LogP contribution in [-0.2, 0) is 17.9 Å². The first kappa shape index (κ1) is 13.3. The summed E-state index contributed by atoms with van der Waals surface area (Å²) in [4.78, 5) is 0. The van der Waals surface area contributed by atoms with Gasteiger partial charge in [0.1, 0.15) is 12.4 Å². The number of rotatable bonds is 8. The van der Waals surface area contributed by atoms with Crippen LogP contribution in [0.3, 0.4) is 0 Å². The first-order valence-corrected chi connectivity index (χ1v) is 6.07. The normalized spacial score (nSPS) is 11.2. The summed E-state index contributed by atoms with van der Waals surface area (Å²) in [6, 6.07) is 2.01. The predicted molar refractivity (Wildman–Crippen MR) is 65.2 cm³/mol. The zero-order chi connectivity index (χ0) is 11.8. The van der Waals surface area contributed by atoms with Gasteiger partial charge >= 0.3 is 0 Å². The van der Waals surface area contributed by atoms with Crippen LogP contribution in [0.15, 0.2) is 16.7 Å². The van der Waals surface area contributed by atoms with Crippen molar-refractivity contribution >= 4 is 0 Å². The molecule has 0 atom stereocenters. The van der Waals surface area contributed by atoms with E-state index in [0.29, 0.717) is 12.5 Å². The summed E-state index contributed by atoms with van der Waals surface area (Å²) in [5.41, 5.74) is 1.21. The van der Waals surface area contributed by atoms with Crippen molar-refractivity contribution in [3.8, 4) is 0 Å². The van der Waals surface area contributed by atoms with Crippen LogP contribution in [0.1, 0.15) is 38.5 Å². The molecular weight excluding hydrogens is 202 g/mol. The summed E-state index contributed by atoms with van der Waals surface area (Å²) in [5, 5.41) is 3.40. The van der Waals surface area contributed by atoms with E-state index >= 15 is 0 Å². The first-order chi connectivity index (χ1) is 7.74. The summed E-state index contributed by atoms with van der Waals surface area (Å²) < 4.78 is 10.9. The Bertz CT molecular complexity index is 281. The van der Waals surface area contributed by atoms with Gasteiger partial charge in [0.2, 0.25) is 0 Å². The molecule has 16 heavy (non-hydrogen) atoms. The SMILES string of the molecule is CCCOCc1occc1CNCC(C)C. The standard InChI is InChI=1S/C13H23NO2/c1-4-6-15-10-13-12(5-7-16-13)9-14-8-11(2)3/h5,7,11,14H,4,6,8-10H2,1-3H3. The molecule has 0 unspecified atom stereocenters. The van der Waals surface area contributed by atoms with E-state index in [9.17, 15) is 0 Å². The van der Waals surface area contributed by atoms with E-state index in [2.05, 4.69) is 26.1 Å². The Morgan fingerprint density at radius 1 is 1.44 bits per heavy atom. The lowest BCUT2D eigenvalue weighted by atomic mass is 10.2. The Balaban J connectivity index is 2.32. The van der Waals surface area contributed by atoms with E-state index in [-0.39, 0.29) is 0 Å². The molecule has 0 aliphatic rings. The van der Waals surface area contributed by atoms with Crippen LogP contribution in [0, 0.1) is 5.92 Å². The lowest BCUT2D eigenvalue weighted by molar-refractivity contribution is 0.106. The maximum atomic E-state index is 5.47. The number of furan rings is 1. The van der Waals surface area contributed by atoms with Crippen molar-refractivity contribution in [2.45, 2.75) is 40.3 Å². The van der Waals surface area contributed by atoms with Gasteiger partial charge in [-0.1, -0.05) is 20.8 Å². The van der Waals surface area contributed by atoms with E-state index in [1.165, 1.54) is 5.56 Å². The van der Waals surface area contributed by atoms with Gasteiger partial charge in [0, 0.05) is 18.7 Å². The second kappa shape index (κ2) is 7.47. The van der Waals surface area contributed by atoms with E-state index < -0.39 is 0 Å². The smallest absolute Gasteiger partial charge is 0.133 e. The molecule has 0 aliphatic heterocycles. The topological polar surface area (TPSA) is 34.4 Å². The van der Waals surface area contributed by atoms with Gasteiger partial charge < -0.3 is 14.5 Å². The van der Waals surface area contributed by atoms with E-state index in [1.54, 1.807) is 6.26 Å². The van der Waals surface area contributed by atoms with Crippen molar-refractivity contribution in [2.24, 2.45) is 5.92 Å². The zero-order valence-corrected chi connectivity index (χ0v) is 10.6. The van der Waals surface area contributed by atoms with Crippen LogP contribution in [-0.4, -0.2) is 13.2 Å². The molecule has 0 saturated carbocycles. The molecule has 0 bridgehead atoms. The summed E-state index contributed by atoms with van der Waals surface area (Å²) in [7, 11) is 0. The molecule has 0 amide bonds. The van der Waals surface area contributed by atoms with Crippen molar-refractivity contribution in [1.82, 2.24) is 5.32 Å². The second-order valence-electron chi connectivity index (χ2n) is 4.45. The molecule has 1 heterocycles. The van der Waals surface area contributed by atoms with Gasteiger partial charge in [-0.15, -0.1) is 0 Å². The molecule has 3 nitrogen and oxygen atoms in total. The lowest BCUT2D eigenvalue weighted by Gasteiger charge is -2.07. The Labute approximate surface area is 98.2 Å². The van der Waals surface area contributed by atoms with Gasteiger partial charge in [0.15, 0.2) is 0 Å². The second-order valence-corrected chi connectivity index (χ2v) is 4.45. The molecule has 3 heteroatoms. The molecule has 0 fully saturated rings. The number of ether oxygens (including phenoxy) is 1. The van der Waals surface area contributed by atoms with Crippen molar-refractivity contribution in [1.29, 1.82) is 0 Å². The quantitative estimate of drug-likeness (QED) is 0.691. The molecule has 0 saturated heterocycles. The minimum atomic E-state index is 0.583. The highest BCUT2D eigenvalue weighted by Gasteiger charge is 2.06. The molecule has 1 aromatic rings. The highest BCUT2D eigenvalue weighted by molar-refractivity contribution is 5.16. The third-order valence-electron chi connectivity index (χ3n) is 2.29. The molecule has 1 N–H and O–H groups in total. The molecule has 0 aromatic carbocycles. The monoisotopic (exact) mass is 225 g/mol.